The summed E-state index contributed by atoms with van der Waals surface area (Å²) in [5.41, 5.74) is 1.17. The normalized spacial score (nSPS) is 32.6. The predicted octanol–water partition coefficient (Wildman–Crippen LogP) is 2.17. The van der Waals surface area contributed by atoms with E-state index in [9.17, 15) is 4.79 Å². The van der Waals surface area contributed by atoms with Crippen LogP contribution in [-0.2, 0) is 4.79 Å². The van der Waals surface area contributed by atoms with Crippen LogP contribution in [0.1, 0.15) is 45.4 Å². The summed E-state index contributed by atoms with van der Waals surface area (Å²) in [6.07, 6.45) is 7.05. The zero-order valence-corrected chi connectivity index (χ0v) is 9.28. The van der Waals surface area contributed by atoms with Crippen LogP contribution in [0.3, 0.4) is 0 Å². The molecular weight excluding hydrogens is 188 g/mol. The Morgan fingerprint density at radius 3 is 2.80 bits per heavy atom. The summed E-state index contributed by atoms with van der Waals surface area (Å²) >= 11 is 0. The maximum Gasteiger partial charge on any atom is 0.251 e. The Balaban J connectivity index is 1.79. The summed E-state index contributed by atoms with van der Waals surface area (Å²) in [7, 11) is 0. The van der Waals surface area contributed by atoms with Gasteiger partial charge in [-0.1, -0.05) is 6.42 Å². The zero-order valence-electron chi connectivity index (χ0n) is 9.28. The Labute approximate surface area is 90.5 Å². The monoisotopic (exact) mass is 206 g/mol. The van der Waals surface area contributed by atoms with Crippen molar-refractivity contribution in [3.8, 4) is 0 Å². The molecule has 0 radical (unpaired) electrons. The molecule has 2 aliphatic carbocycles. The van der Waals surface area contributed by atoms with Gasteiger partial charge in [0, 0.05) is 0 Å². The molecule has 2 fully saturated rings. The number of carbonyl (C=O) groups excluding carboxylic acids is 1. The van der Waals surface area contributed by atoms with E-state index in [0.717, 1.165) is 18.8 Å². The molecule has 0 spiro atoms. The number of hydrogen-bond acceptors (Lipinski definition) is 2. The van der Waals surface area contributed by atoms with Gasteiger partial charge in [-0.3, -0.25) is 4.79 Å². The van der Waals surface area contributed by atoms with Crippen LogP contribution in [0.2, 0.25) is 0 Å². The number of nitrogens with zero attached hydrogens (tertiary/aromatic N) is 2. The van der Waals surface area contributed by atoms with Crippen molar-refractivity contribution in [3.63, 3.8) is 0 Å². The van der Waals surface area contributed by atoms with E-state index in [4.69, 9.17) is 0 Å². The smallest absolute Gasteiger partial charge is 0.251 e. The topological polar surface area (TPSA) is 32.7 Å². The molecule has 82 valence electrons. The standard InChI is InChI=1S/C12H18N2O/c1-8(9-6-7-9)14-12(15)10-4-2-3-5-11(10)13-14/h8-10H,2-7H2,1H3. The Kier molecular flexibility index (Phi) is 2.08. The minimum Gasteiger partial charge on any atom is -0.272 e. The van der Waals surface area contributed by atoms with Gasteiger partial charge < -0.3 is 0 Å². The van der Waals surface area contributed by atoms with Crippen molar-refractivity contribution in [1.82, 2.24) is 5.01 Å². The Bertz CT molecular complexity index is 320. The first-order chi connectivity index (χ1) is 7.27. The molecule has 3 heteroatoms. The van der Waals surface area contributed by atoms with Gasteiger partial charge in [-0.25, -0.2) is 5.01 Å². The van der Waals surface area contributed by atoms with E-state index in [1.54, 1.807) is 5.01 Å². The van der Waals surface area contributed by atoms with E-state index in [1.165, 1.54) is 31.4 Å². The van der Waals surface area contributed by atoms with Crippen molar-refractivity contribution in [2.24, 2.45) is 16.9 Å². The number of hydrazone groups is 1. The first-order valence-electron chi connectivity index (χ1n) is 6.18. The largest absolute Gasteiger partial charge is 0.272 e. The minimum absolute atomic E-state index is 0.153. The van der Waals surface area contributed by atoms with Crippen molar-refractivity contribution < 1.29 is 4.79 Å². The molecule has 2 atom stereocenters. The zero-order chi connectivity index (χ0) is 10.4. The maximum atomic E-state index is 12.1. The van der Waals surface area contributed by atoms with Crippen LogP contribution in [0, 0.1) is 11.8 Å². The highest BCUT2D eigenvalue weighted by Gasteiger charge is 2.42. The fourth-order valence-electron chi connectivity index (χ4n) is 2.80. The van der Waals surface area contributed by atoms with Crippen LogP contribution < -0.4 is 0 Å². The molecule has 15 heavy (non-hydrogen) atoms. The average molecular weight is 206 g/mol. The van der Waals surface area contributed by atoms with Gasteiger partial charge in [-0.15, -0.1) is 0 Å². The molecule has 0 aromatic heterocycles. The molecule has 0 bridgehead atoms. The third-order valence-corrected chi connectivity index (χ3v) is 4.03. The lowest BCUT2D eigenvalue weighted by atomic mass is 9.87. The maximum absolute atomic E-state index is 12.1. The average Bonchev–Trinajstić information content (AvgIpc) is 3.04. The minimum atomic E-state index is 0.153. The van der Waals surface area contributed by atoms with Gasteiger partial charge in [-0.05, 0) is 44.9 Å². The van der Waals surface area contributed by atoms with Gasteiger partial charge in [0.15, 0.2) is 0 Å². The number of hydrogen-bond donors (Lipinski definition) is 0. The molecule has 1 heterocycles. The van der Waals surface area contributed by atoms with Crippen molar-refractivity contribution in [2.45, 2.75) is 51.5 Å². The lowest BCUT2D eigenvalue weighted by Crippen LogP contribution is -2.35. The highest BCUT2D eigenvalue weighted by molar-refractivity contribution is 6.08. The summed E-state index contributed by atoms with van der Waals surface area (Å²) in [4.78, 5) is 12.1. The summed E-state index contributed by atoms with van der Waals surface area (Å²) < 4.78 is 0. The van der Waals surface area contributed by atoms with Gasteiger partial charge in [0.1, 0.15) is 0 Å². The highest BCUT2D eigenvalue weighted by Crippen LogP contribution is 2.38. The Hall–Kier alpha value is -0.860. The Morgan fingerprint density at radius 2 is 2.13 bits per heavy atom. The molecule has 1 amide bonds. The van der Waals surface area contributed by atoms with Crippen LogP contribution >= 0.6 is 0 Å². The molecule has 0 aromatic rings. The molecule has 2 unspecified atom stereocenters. The van der Waals surface area contributed by atoms with E-state index in [2.05, 4.69) is 12.0 Å². The van der Waals surface area contributed by atoms with Crippen LogP contribution in [-0.4, -0.2) is 22.7 Å². The van der Waals surface area contributed by atoms with Crippen molar-refractivity contribution >= 4 is 11.6 Å². The van der Waals surface area contributed by atoms with Gasteiger partial charge in [-0.2, -0.15) is 5.10 Å². The summed E-state index contributed by atoms with van der Waals surface area (Å²) in [6.45, 7) is 2.15. The van der Waals surface area contributed by atoms with Crippen molar-refractivity contribution in [3.05, 3.63) is 0 Å². The van der Waals surface area contributed by atoms with Gasteiger partial charge in [0.05, 0.1) is 17.7 Å². The fraction of sp³-hybridized carbons (Fsp3) is 0.833. The summed E-state index contributed by atoms with van der Waals surface area (Å²) in [6, 6.07) is 0.343. The quantitative estimate of drug-likeness (QED) is 0.681. The first-order valence-corrected chi connectivity index (χ1v) is 6.18. The second kappa shape index (κ2) is 3.32. The second-order valence-electron chi connectivity index (χ2n) is 5.15. The van der Waals surface area contributed by atoms with Crippen LogP contribution in [0.25, 0.3) is 0 Å². The molecule has 3 rings (SSSR count). The van der Waals surface area contributed by atoms with Crippen molar-refractivity contribution in [1.29, 1.82) is 0 Å². The third-order valence-electron chi connectivity index (χ3n) is 4.03. The highest BCUT2D eigenvalue weighted by atomic mass is 16.2. The lowest BCUT2D eigenvalue weighted by molar-refractivity contribution is -0.134. The van der Waals surface area contributed by atoms with E-state index in [-0.39, 0.29) is 11.8 Å². The number of carbonyl (C=O) groups is 1. The lowest BCUT2D eigenvalue weighted by Gasteiger charge is -2.21. The molecule has 3 nitrogen and oxygen atoms in total. The van der Waals surface area contributed by atoms with Gasteiger partial charge in [0.25, 0.3) is 5.91 Å². The van der Waals surface area contributed by atoms with Crippen LogP contribution in [0.5, 0.6) is 0 Å². The SMILES string of the molecule is CC(C1CC1)N1N=C2CCCCC2C1=O. The number of amides is 1. The first kappa shape index (κ1) is 9.37. The molecule has 3 aliphatic rings. The van der Waals surface area contributed by atoms with E-state index >= 15 is 0 Å². The van der Waals surface area contributed by atoms with E-state index < -0.39 is 0 Å². The summed E-state index contributed by atoms with van der Waals surface area (Å²) in [5, 5.41) is 6.35. The fourth-order valence-corrected chi connectivity index (χ4v) is 2.80. The third kappa shape index (κ3) is 1.48. The van der Waals surface area contributed by atoms with Gasteiger partial charge in [0.2, 0.25) is 0 Å². The predicted molar refractivity (Wildman–Crippen MR) is 58.4 cm³/mol. The number of rotatable bonds is 2. The van der Waals surface area contributed by atoms with Crippen LogP contribution in [0.15, 0.2) is 5.10 Å². The molecule has 0 saturated heterocycles. The van der Waals surface area contributed by atoms with Gasteiger partial charge >= 0.3 is 0 Å². The molecular formula is C12H18N2O. The van der Waals surface area contributed by atoms with Crippen LogP contribution in [0.4, 0.5) is 0 Å². The van der Waals surface area contributed by atoms with E-state index in [0.29, 0.717) is 6.04 Å². The second-order valence-corrected chi connectivity index (χ2v) is 5.15. The van der Waals surface area contributed by atoms with E-state index in [1.807, 2.05) is 0 Å². The molecule has 2 saturated carbocycles. The summed E-state index contributed by atoms with van der Waals surface area (Å²) in [5.74, 6) is 1.16. The molecule has 1 aliphatic heterocycles. The Morgan fingerprint density at radius 1 is 1.33 bits per heavy atom. The number of fused-ring (bicyclic) bond motifs is 1. The van der Waals surface area contributed by atoms with Crippen molar-refractivity contribution in [2.75, 3.05) is 0 Å². The molecule has 0 N–H and O–H groups in total. The molecule has 0 aromatic carbocycles.